The second-order valence-corrected chi connectivity index (χ2v) is 16.2. The van der Waals surface area contributed by atoms with Gasteiger partial charge >= 0.3 is 35.1 Å². The molecule has 3 aliphatic rings. The van der Waals surface area contributed by atoms with E-state index in [4.69, 9.17) is 32.5 Å². The van der Waals surface area contributed by atoms with Crippen LogP contribution < -0.4 is 11.3 Å². The molecule has 0 unspecified atom stereocenters. The summed E-state index contributed by atoms with van der Waals surface area (Å²) in [6.45, 7) is -1.17. The number of esters is 4. The maximum absolute atomic E-state index is 14.9. The summed E-state index contributed by atoms with van der Waals surface area (Å²) in [5, 5.41) is 98.4. The Labute approximate surface area is 386 Å². The summed E-state index contributed by atoms with van der Waals surface area (Å²) in [7, 11) is 0. The molecule has 352 valence electrons. The summed E-state index contributed by atoms with van der Waals surface area (Å²) < 4.78 is 40.0. The van der Waals surface area contributed by atoms with E-state index in [1.54, 1.807) is 12.1 Å². The minimum Gasteiger partial charge on any atom is -0.504 e. The molecule has 22 nitrogen and oxygen atoms in total. The molecule has 70 heavy (non-hydrogen) atoms. The van der Waals surface area contributed by atoms with Gasteiger partial charge < -0.3 is 78.5 Å². The van der Waals surface area contributed by atoms with Crippen LogP contribution in [0, 0.1) is 0 Å². The fourth-order valence-electron chi connectivity index (χ4n) is 9.28. The van der Waals surface area contributed by atoms with Crippen molar-refractivity contribution in [1.82, 2.24) is 0 Å². The maximum atomic E-state index is 14.9. The zero-order chi connectivity index (χ0) is 49.3. The summed E-state index contributed by atoms with van der Waals surface area (Å²) in [6.07, 6.45) is -10.7. The number of phenols is 8. The quantitative estimate of drug-likeness (QED) is 0.0336. The molecule has 0 aliphatic carbocycles. The van der Waals surface area contributed by atoms with Gasteiger partial charge in [-0.05, 0) is 47.5 Å². The van der Waals surface area contributed by atoms with Gasteiger partial charge in [0, 0.05) is 33.0 Å². The number of hydrogen-bond acceptors (Lipinski definition) is 22. The lowest BCUT2D eigenvalue weighted by atomic mass is 9.88. The lowest BCUT2D eigenvalue weighted by molar-refractivity contribution is -0.284. The molecule has 2 aromatic heterocycles. The van der Waals surface area contributed by atoms with Crippen molar-refractivity contribution in [3.05, 3.63) is 116 Å². The number of aliphatic hydroxyl groups is 1. The Bertz CT molecular complexity index is 3790. The van der Waals surface area contributed by atoms with Crippen LogP contribution in [0.15, 0.2) is 91.2 Å². The Balaban J connectivity index is 1.20. The van der Waals surface area contributed by atoms with Crippen molar-refractivity contribution in [3.63, 3.8) is 0 Å². The Hall–Kier alpha value is -9.54. The minimum absolute atomic E-state index is 0.0998. The molecule has 11 rings (SSSR count). The molecule has 22 heteroatoms. The Morgan fingerprint density at radius 3 is 1.57 bits per heavy atom. The number of carbonyl (C=O) groups excluding carboxylic acids is 4. The number of rotatable bonds is 0. The molecule has 1 fully saturated rings. The van der Waals surface area contributed by atoms with E-state index < -0.39 is 185 Å². The predicted octanol–water partition coefficient (Wildman–Crippen LogP) is 4.31. The van der Waals surface area contributed by atoms with E-state index in [2.05, 4.69) is 0 Å². The number of aromatic hydroxyl groups is 8. The first kappa shape index (κ1) is 43.1. The van der Waals surface area contributed by atoms with Gasteiger partial charge in [-0.15, -0.1) is 0 Å². The van der Waals surface area contributed by atoms with Gasteiger partial charge in [0.1, 0.15) is 18.3 Å². The molecule has 3 aliphatic heterocycles. The molecular weight excluding hydrogens is 929 g/mol. The molecule has 9 N–H and O–H groups in total. The third-order valence-corrected chi connectivity index (χ3v) is 12.4. The Morgan fingerprint density at radius 2 is 0.943 bits per heavy atom. The van der Waals surface area contributed by atoms with E-state index in [0.29, 0.717) is 12.1 Å². The smallest absolute Gasteiger partial charge is 0.345 e. The molecule has 6 aromatic carbocycles. The van der Waals surface area contributed by atoms with Gasteiger partial charge in [-0.3, -0.25) is 0 Å². The average molecular weight is 957 g/mol. The van der Waals surface area contributed by atoms with Crippen molar-refractivity contribution in [3.8, 4) is 79.4 Å². The fourth-order valence-corrected chi connectivity index (χ4v) is 9.28. The van der Waals surface area contributed by atoms with Crippen LogP contribution in [0.2, 0.25) is 0 Å². The number of aliphatic hydroxyl groups excluding tert-OH is 1. The first-order chi connectivity index (χ1) is 33.5. The normalized spacial score (nSPS) is 20.1. The van der Waals surface area contributed by atoms with Gasteiger partial charge in [-0.2, -0.15) is 0 Å². The molecule has 8 aromatic rings. The summed E-state index contributed by atoms with van der Waals surface area (Å²) in [6, 6.07) is 15.0. The number of benzene rings is 6. The number of cyclic esters (lactones) is 1. The van der Waals surface area contributed by atoms with Crippen LogP contribution in [-0.2, 0) is 23.7 Å². The number of hydrogen-bond donors (Lipinski definition) is 9. The van der Waals surface area contributed by atoms with Crippen LogP contribution in [-0.4, -0.2) is 107 Å². The predicted molar refractivity (Wildman–Crippen MR) is 232 cm³/mol. The van der Waals surface area contributed by atoms with E-state index in [1.807, 2.05) is 0 Å². The molecule has 0 saturated carbocycles. The minimum atomic E-state index is -2.30. The van der Waals surface area contributed by atoms with Crippen molar-refractivity contribution >= 4 is 56.6 Å². The fraction of sp³-hybridized carbons (Fsp3) is 0.125. The van der Waals surface area contributed by atoms with Crippen LogP contribution in [0.25, 0.3) is 66.1 Å². The third-order valence-electron chi connectivity index (χ3n) is 12.4. The lowest BCUT2D eigenvalue weighted by Gasteiger charge is -2.43. The van der Waals surface area contributed by atoms with Gasteiger partial charge in [0.05, 0.1) is 33.0 Å². The lowest BCUT2D eigenvalue weighted by Crippen LogP contribution is -2.62. The van der Waals surface area contributed by atoms with Crippen LogP contribution in [0.3, 0.4) is 0 Å². The zero-order valence-corrected chi connectivity index (χ0v) is 34.9. The second-order valence-electron chi connectivity index (χ2n) is 16.2. The highest BCUT2D eigenvalue weighted by Gasteiger charge is 2.53. The highest BCUT2D eigenvalue weighted by Crippen LogP contribution is 2.55. The maximum Gasteiger partial charge on any atom is 0.345 e. The molecule has 1 saturated heterocycles. The van der Waals surface area contributed by atoms with Crippen molar-refractivity contribution in [2.45, 2.75) is 30.7 Å². The Morgan fingerprint density at radius 1 is 0.429 bits per heavy atom. The largest absolute Gasteiger partial charge is 0.504 e. The van der Waals surface area contributed by atoms with Gasteiger partial charge in [-0.1, -0.05) is 36.4 Å². The molecule has 0 spiro atoms. The average Bonchev–Trinajstić information content (AvgIpc) is 3.34. The van der Waals surface area contributed by atoms with E-state index in [0.717, 1.165) is 12.1 Å². The van der Waals surface area contributed by atoms with Crippen LogP contribution >= 0.6 is 0 Å². The molecule has 5 heterocycles. The topological polar surface area (TPSA) is 357 Å². The summed E-state index contributed by atoms with van der Waals surface area (Å²) >= 11 is 0. The molecule has 5 atom stereocenters. The van der Waals surface area contributed by atoms with Gasteiger partial charge in [0.15, 0.2) is 58.9 Å². The number of fused-ring (bicyclic) bond motifs is 10. The monoisotopic (exact) mass is 956 g/mol. The number of phenolic OH excluding ortho intramolecular Hbond substituents is 8. The van der Waals surface area contributed by atoms with Gasteiger partial charge in [0.25, 0.3) is 0 Å². The first-order valence-corrected chi connectivity index (χ1v) is 20.6. The third kappa shape index (κ3) is 6.06. The van der Waals surface area contributed by atoms with Gasteiger partial charge in [-0.25, -0.2) is 28.8 Å². The number of ether oxygens (including phenoxy) is 5. The van der Waals surface area contributed by atoms with Crippen LogP contribution in [0.4, 0.5) is 0 Å². The SMILES string of the molecule is O=C1O[C@@H]2[C@@H](OC(=O)c3ccccc3-c3ccccc31)[C@@H](O)O[C@@H]1COC(=O)c3cc(O)c(O)c(O)c3-c3c(O)c(O)c4oc(=O)c5c(ccc6oc(=O)c3c4c65)-c3c(cc(O)c(O)c3O)C(=O)O[C@@H]21. The summed E-state index contributed by atoms with van der Waals surface area (Å²) in [4.78, 5) is 85.8. The van der Waals surface area contributed by atoms with Crippen molar-refractivity contribution in [2.24, 2.45) is 0 Å². The van der Waals surface area contributed by atoms with E-state index in [-0.39, 0.29) is 22.3 Å². The molecular formula is C48H28O22. The molecule has 6 bridgehead atoms. The highest BCUT2D eigenvalue weighted by atomic mass is 16.7. The standard InChI is InChI=1S/C48H28O22/c49-21-11-19-25(34(53)32(21)51)18-9-10-23-28-27(18)46(61)68-39-30(28)31(47(62)65-23)29(36(55)37(39)56)26-20(12-22(50)33(52)35(26)54)42(57)64-13-24-38(67-45(19)60)40-41(48(63)66-24)70-44(59)17-8-4-2-6-15(17)14-5-1-3-7-16(14)43(58)69-40/h1-12,24,38,40-41,48-56,63H,13H2/t24-,38-,40+,41-,48+/m1/s1. The highest BCUT2D eigenvalue weighted by molar-refractivity contribution is 6.27. The van der Waals surface area contributed by atoms with Crippen molar-refractivity contribution in [1.29, 1.82) is 0 Å². The van der Waals surface area contributed by atoms with E-state index in [9.17, 15) is 74.7 Å². The zero-order valence-electron chi connectivity index (χ0n) is 34.9. The Kier molecular flexibility index (Phi) is 9.38. The van der Waals surface area contributed by atoms with Crippen LogP contribution in [0.1, 0.15) is 41.4 Å². The molecule has 0 amide bonds. The molecule has 0 radical (unpaired) electrons. The van der Waals surface area contributed by atoms with E-state index in [1.165, 1.54) is 36.4 Å². The van der Waals surface area contributed by atoms with Gasteiger partial charge in [0.2, 0.25) is 17.2 Å². The first-order valence-electron chi connectivity index (χ1n) is 20.6. The summed E-state index contributed by atoms with van der Waals surface area (Å²) in [5.41, 5.74) is -9.12. The van der Waals surface area contributed by atoms with Crippen LogP contribution in [0.5, 0.6) is 46.0 Å². The van der Waals surface area contributed by atoms with Crippen molar-refractivity contribution < 1.29 is 97.7 Å². The van der Waals surface area contributed by atoms with E-state index >= 15 is 0 Å². The van der Waals surface area contributed by atoms with Crippen molar-refractivity contribution in [2.75, 3.05) is 6.61 Å². The summed E-state index contributed by atoms with van der Waals surface area (Å²) in [5.74, 6) is -15.7. The number of carbonyl (C=O) groups is 4. The second kappa shape index (κ2) is 15.2.